The number of carbonyl (C=O) groups excluding carboxylic acids is 1. The van der Waals surface area contributed by atoms with Crippen LogP contribution in [-0.2, 0) is 4.79 Å². The van der Waals surface area contributed by atoms with Crippen molar-refractivity contribution in [2.75, 3.05) is 7.11 Å². The Kier molecular flexibility index (Phi) is 6.23. The third kappa shape index (κ3) is 4.62. The Morgan fingerprint density at radius 1 is 1.09 bits per heavy atom. The summed E-state index contributed by atoms with van der Waals surface area (Å²) >= 11 is 7.21. The molecule has 3 aromatic carbocycles. The molecule has 0 aliphatic carbocycles. The number of phenols is 2. The van der Waals surface area contributed by atoms with E-state index in [0.717, 1.165) is 28.8 Å². The van der Waals surface area contributed by atoms with E-state index in [1.807, 2.05) is 36.4 Å². The summed E-state index contributed by atoms with van der Waals surface area (Å²) in [5, 5.41) is 28.0. The van der Waals surface area contributed by atoms with Crippen LogP contribution >= 0.6 is 23.4 Å². The molecule has 7 nitrogen and oxygen atoms in total. The van der Waals surface area contributed by atoms with Crippen LogP contribution < -0.4 is 4.74 Å². The van der Waals surface area contributed by atoms with Gasteiger partial charge in [0.1, 0.15) is 17.2 Å². The molecule has 3 aromatic rings. The van der Waals surface area contributed by atoms with E-state index in [0.29, 0.717) is 32.6 Å². The molecule has 2 heterocycles. The number of ether oxygens (including phenoxy) is 1. The molecular formula is C26H20ClN3O4S. The fourth-order valence-corrected chi connectivity index (χ4v) is 5.02. The van der Waals surface area contributed by atoms with Gasteiger partial charge >= 0.3 is 0 Å². The molecule has 0 bridgehead atoms. The minimum atomic E-state index is -0.437. The number of para-hydroxylation sites is 1. The Morgan fingerprint density at radius 2 is 1.86 bits per heavy atom. The second-order valence-electron chi connectivity index (χ2n) is 7.91. The summed E-state index contributed by atoms with van der Waals surface area (Å²) in [5.41, 5.74) is 2.80. The van der Waals surface area contributed by atoms with Crippen molar-refractivity contribution >= 4 is 46.2 Å². The summed E-state index contributed by atoms with van der Waals surface area (Å²) in [7, 11) is 1.61. The number of amides is 1. The molecule has 1 amide bonds. The minimum Gasteiger partial charge on any atom is -0.508 e. The third-order valence-electron chi connectivity index (χ3n) is 5.71. The van der Waals surface area contributed by atoms with Gasteiger partial charge < -0.3 is 14.9 Å². The number of nitrogens with zero attached hydrogens (tertiary/aromatic N) is 3. The molecule has 176 valence electrons. The number of hydrogen-bond acceptors (Lipinski definition) is 7. The van der Waals surface area contributed by atoms with E-state index in [1.54, 1.807) is 42.5 Å². The highest BCUT2D eigenvalue weighted by Crippen LogP contribution is 2.42. The van der Waals surface area contributed by atoms with Crippen molar-refractivity contribution in [3.63, 3.8) is 0 Å². The van der Waals surface area contributed by atoms with Gasteiger partial charge in [-0.05, 0) is 71.9 Å². The van der Waals surface area contributed by atoms with Crippen LogP contribution in [0, 0.1) is 0 Å². The van der Waals surface area contributed by atoms with Gasteiger partial charge in [-0.15, -0.1) is 0 Å². The van der Waals surface area contributed by atoms with Crippen molar-refractivity contribution in [3.05, 3.63) is 93.3 Å². The van der Waals surface area contributed by atoms with E-state index in [2.05, 4.69) is 4.99 Å². The molecule has 35 heavy (non-hydrogen) atoms. The maximum absolute atomic E-state index is 12.7. The highest BCUT2D eigenvalue weighted by Gasteiger charge is 2.37. The monoisotopic (exact) mass is 505 g/mol. The fourth-order valence-electron chi connectivity index (χ4n) is 3.93. The van der Waals surface area contributed by atoms with Crippen molar-refractivity contribution in [2.45, 2.75) is 12.5 Å². The van der Waals surface area contributed by atoms with Gasteiger partial charge in [0.25, 0.3) is 5.91 Å². The summed E-state index contributed by atoms with van der Waals surface area (Å²) < 4.78 is 5.25. The van der Waals surface area contributed by atoms with Crippen LogP contribution in [0.15, 0.2) is 81.7 Å². The molecule has 5 rings (SSSR count). The maximum Gasteiger partial charge on any atom is 0.286 e. The number of aliphatic imine (C=N–C) groups is 1. The first-order chi connectivity index (χ1) is 16.9. The van der Waals surface area contributed by atoms with Crippen LogP contribution in [0.3, 0.4) is 0 Å². The third-order valence-corrected chi connectivity index (χ3v) is 6.92. The summed E-state index contributed by atoms with van der Waals surface area (Å²) in [6, 6.07) is 18.9. The SMILES string of the molecule is COc1ccc(C2=NN(C3=NC(=O)/C(=C/c4cc(Cl)ccc4O)S3)C(c3ccccc3O)C2)cc1. The summed E-state index contributed by atoms with van der Waals surface area (Å²) in [4.78, 5) is 17.3. The molecule has 1 atom stereocenters. The topological polar surface area (TPSA) is 94.7 Å². The normalized spacial score (nSPS) is 18.7. The second-order valence-corrected chi connectivity index (χ2v) is 9.36. The molecule has 0 fully saturated rings. The molecule has 2 N–H and O–H groups in total. The smallest absolute Gasteiger partial charge is 0.286 e. The Bertz CT molecular complexity index is 1400. The number of thioether (sulfide) groups is 1. The first kappa shape index (κ1) is 23.0. The maximum atomic E-state index is 12.7. The van der Waals surface area contributed by atoms with Crippen molar-refractivity contribution in [3.8, 4) is 17.2 Å². The number of hydrogen-bond donors (Lipinski definition) is 2. The molecule has 2 aliphatic rings. The average Bonchev–Trinajstić information content (AvgIpc) is 3.46. The van der Waals surface area contributed by atoms with E-state index in [4.69, 9.17) is 21.4 Å². The average molecular weight is 506 g/mol. The number of methoxy groups -OCH3 is 1. The zero-order valence-corrected chi connectivity index (χ0v) is 20.1. The molecular weight excluding hydrogens is 486 g/mol. The van der Waals surface area contributed by atoms with E-state index < -0.39 is 5.91 Å². The van der Waals surface area contributed by atoms with Crippen molar-refractivity contribution in [2.24, 2.45) is 10.1 Å². The first-order valence-electron chi connectivity index (χ1n) is 10.7. The molecule has 0 saturated carbocycles. The van der Waals surface area contributed by atoms with Crippen LogP contribution in [0.2, 0.25) is 5.02 Å². The quantitative estimate of drug-likeness (QED) is 0.449. The van der Waals surface area contributed by atoms with Gasteiger partial charge in [-0.3, -0.25) is 4.79 Å². The van der Waals surface area contributed by atoms with Gasteiger partial charge in [0.05, 0.1) is 23.8 Å². The molecule has 0 spiro atoms. The number of phenolic OH excluding ortho intramolecular Hbond substituents is 2. The summed E-state index contributed by atoms with van der Waals surface area (Å²) in [5.74, 6) is 0.454. The van der Waals surface area contributed by atoms with E-state index in [9.17, 15) is 15.0 Å². The van der Waals surface area contributed by atoms with Crippen molar-refractivity contribution in [1.82, 2.24) is 5.01 Å². The number of hydrazone groups is 1. The lowest BCUT2D eigenvalue weighted by Crippen LogP contribution is -2.23. The van der Waals surface area contributed by atoms with E-state index >= 15 is 0 Å². The number of amidine groups is 1. The van der Waals surface area contributed by atoms with Crippen molar-refractivity contribution < 1.29 is 19.7 Å². The highest BCUT2D eigenvalue weighted by molar-refractivity contribution is 8.18. The van der Waals surface area contributed by atoms with Crippen LogP contribution in [0.25, 0.3) is 6.08 Å². The lowest BCUT2D eigenvalue weighted by atomic mass is 9.98. The molecule has 2 aliphatic heterocycles. The van der Waals surface area contributed by atoms with Gasteiger partial charge in [0.15, 0.2) is 5.17 Å². The fraction of sp³-hybridized carbons (Fsp3) is 0.115. The largest absolute Gasteiger partial charge is 0.508 e. The minimum absolute atomic E-state index is 0.0109. The van der Waals surface area contributed by atoms with E-state index in [1.165, 1.54) is 6.07 Å². The Hall–Kier alpha value is -3.75. The van der Waals surface area contributed by atoms with Gasteiger partial charge in [0, 0.05) is 22.6 Å². The highest BCUT2D eigenvalue weighted by atomic mass is 35.5. The van der Waals surface area contributed by atoms with Crippen LogP contribution in [0.5, 0.6) is 17.2 Å². The van der Waals surface area contributed by atoms with Crippen LogP contribution in [0.1, 0.15) is 29.2 Å². The number of carbonyl (C=O) groups is 1. The zero-order valence-electron chi connectivity index (χ0n) is 18.6. The molecule has 0 radical (unpaired) electrons. The Balaban J connectivity index is 1.50. The summed E-state index contributed by atoms with van der Waals surface area (Å²) in [6.07, 6.45) is 2.07. The van der Waals surface area contributed by atoms with Gasteiger partial charge in [-0.2, -0.15) is 10.1 Å². The Labute approximate surface area is 211 Å². The predicted molar refractivity (Wildman–Crippen MR) is 138 cm³/mol. The van der Waals surface area contributed by atoms with Crippen molar-refractivity contribution in [1.29, 1.82) is 0 Å². The standard InChI is InChI=1S/C26H20ClN3O4S/c1-34-18-9-6-15(7-10-18)20-14-21(19-4-2-3-5-23(19)32)30(29-20)26-28-25(33)24(35-26)13-16-12-17(27)8-11-22(16)31/h2-13,21,31-32H,14H2,1H3/b24-13-. The second kappa shape index (κ2) is 9.48. The molecule has 9 heteroatoms. The predicted octanol–water partition coefficient (Wildman–Crippen LogP) is 5.58. The lowest BCUT2D eigenvalue weighted by Gasteiger charge is -2.23. The first-order valence-corrected chi connectivity index (χ1v) is 11.9. The van der Waals surface area contributed by atoms with Gasteiger partial charge in [-0.1, -0.05) is 29.8 Å². The number of rotatable bonds is 4. The van der Waals surface area contributed by atoms with E-state index in [-0.39, 0.29) is 17.5 Å². The lowest BCUT2D eigenvalue weighted by molar-refractivity contribution is -0.113. The molecule has 0 aromatic heterocycles. The Morgan fingerprint density at radius 3 is 2.60 bits per heavy atom. The summed E-state index contributed by atoms with van der Waals surface area (Å²) in [6.45, 7) is 0. The van der Waals surface area contributed by atoms with Crippen LogP contribution in [-0.4, -0.2) is 39.1 Å². The number of halogens is 1. The zero-order chi connectivity index (χ0) is 24.5. The van der Waals surface area contributed by atoms with Gasteiger partial charge in [-0.25, -0.2) is 5.01 Å². The number of benzene rings is 3. The van der Waals surface area contributed by atoms with Gasteiger partial charge in [0.2, 0.25) is 0 Å². The van der Waals surface area contributed by atoms with Crippen LogP contribution in [0.4, 0.5) is 0 Å². The molecule has 0 saturated heterocycles. The number of aromatic hydroxyl groups is 2. The molecule has 1 unspecified atom stereocenters.